The fourth-order valence-corrected chi connectivity index (χ4v) is 2.31. The molecule has 1 aromatic rings. The number of ether oxygens (including phenoxy) is 1. The van der Waals surface area contributed by atoms with Crippen LogP contribution in [0.3, 0.4) is 0 Å². The van der Waals surface area contributed by atoms with E-state index in [0.717, 1.165) is 31.0 Å². The van der Waals surface area contributed by atoms with Gasteiger partial charge in [0.05, 0.1) is 5.69 Å². The van der Waals surface area contributed by atoms with Crippen LogP contribution in [0, 0.1) is 5.92 Å². The number of hydrogen-bond acceptors (Lipinski definition) is 2. The Morgan fingerprint density at radius 1 is 1.56 bits per heavy atom. The molecule has 0 aliphatic heterocycles. The highest BCUT2D eigenvalue weighted by Gasteiger charge is 2.30. The van der Waals surface area contributed by atoms with Crippen molar-refractivity contribution in [2.24, 2.45) is 5.92 Å². The van der Waals surface area contributed by atoms with Crippen molar-refractivity contribution in [1.29, 1.82) is 0 Å². The van der Waals surface area contributed by atoms with Gasteiger partial charge in [0.1, 0.15) is 11.4 Å². The minimum Gasteiger partial charge on any atom is -0.371 e. The van der Waals surface area contributed by atoms with Crippen molar-refractivity contribution in [3.8, 4) is 0 Å². The molecule has 1 aromatic heterocycles. The number of aromatic nitrogens is 2. The van der Waals surface area contributed by atoms with Crippen LogP contribution in [0.15, 0.2) is 0 Å². The largest absolute Gasteiger partial charge is 0.371 e. The molecular formula is C13H22N2O. The van der Waals surface area contributed by atoms with Crippen LogP contribution in [0.25, 0.3) is 0 Å². The van der Waals surface area contributed by atoms with Crippen LogP contribution in [-0.4, -0.2) is 17.1 Å². The maximum Gasteiger partial charge on any atom is 0.138 e. The van der Waals surface area contributed by atoms with Gasteiger partial charge in [-0.15, -0.1) is 0 Å². The number of aromatic amines is 1. The average molecular weight is 222 g/mol. The van der Waals surface area contributed by atoms with Crippen LogP contribution >= 0.6 is 0 Å². The highest BCUT2D eigenvalue weighted by Crippen LogP contribution is 2.30. The first-order valence-electron chi connectivity index (χ1n) is 6.22. The predicted molar refractivity (Wildman–Crippen MR) is 64.4 cm³/mol. The molecule has 0 bridgehead atoms. The molecule has 0 saturated heterocycles. The van der Waals surface area contributed by atoms with Gasteiger partial charge in [-0.25, -0.2) is 4.98 Å². The summed E-state index contributed by atoms with van der Waals surface area (Å²) in [5.41, 5.74) is 2.32. The highest BCUT2D eigenvalue weighted by atomic mass is 16.5. The first kappa shape index (κ1) is 11.6. The molecule has 0 fully saturated rings. The number of nitrogens with zero attached hydrogens (tertiary/aromatic N) is 1. The molecule has 0 amide bonds. The number of methoxy groups -OCH3 is 1. The second kappa shape index (κ2) is 4.21. The third-order valence-electron chi connectivity index (χ3n) is 3.92. The molecule has 3 nitrogen and oxygen atoms in total. The Hall–Kier alpha value is -0.830. The van der Waals surface area contributed by atoms with Gasteiger partial charge in [-0.05, 0) is 38.5 Å². The van der Waals surface area contributed by atoms with E-state index in [0.29, 0.717) is 0 Å². The molecule has 0 saturated carbocycles. The molecule has 16 heavy (non-hydrogen) atoms. The van der Waals surface area contributed by atoms with Crippen molar-refractivity contribution in [2.75, 3.05) is 7.11 Å². The first-order valence-corrected chi connectivity index (χ1v) is 6.22. The SMILES string of the molecule is CCC(C)(OC)c1nc2c([nH]1)CC(C)CC2. The summed E-state index contributed by atoms with van der Waals surface area (Å²) in [6.45, 7) is 6.53. The summed E-state index contributed by atoms with van der Waals surface area (Å²) >= 11 is 0. The third kappa shape index (κ3) is 1.88. The van der Waals surface area contributed by atoms with Crippen molar-refractivity contribution >= 4 is 0 Å². The fourth-order valence-electron chi connectivity index (χ4n) is 2.31. The summed E-state index contributed by atoms with van der Waals surface area (Å²) < 4.78 is 5.58. The Morgan fingerprint density at radius 2 is 2.31 bits per heavy atom. The molecule has 1 aliphatic rings. The molecule has 3 heteroatoms. The lowest BCUT2D eigenvalue weighted by Crippen LogP contribution is -2.24. The minimum absolute atomic E-state index is 0.263. The second-order valence-corrected chi connectivity index (χ2v) is 5.15. The van der Waals surface area contributed by atoms with Gasteiger partial charge < -0.3 is 9.72 Å². The van der Waals surface area contributed by atoms with Gasteiger partial charge in [0, 0.05) is 12.8 Å². The van der Waals surface area contributed by atoms with Crippen molar-refractivity contribution in [1.82, 2.24) is 9.97 Å². The Balaban J connectivity index is 2.31. The van der Waals surface area contributed by atoms with Gasteiger partial charge in [-0.2, -0.15) is 0 Å². The van der Waals surface area contributed by atoms with Gasteiger partial charge in [0.2, 0.25) is 0 Å². The average Bonchev–Trinajstić information content (AvgIpc) is 2.71. The van der Waals surface area contributed by atoms with Crippen LogP contribution in [0.2, 0.25) is 0 Å². The van der Waals surface area contributed by atoms with E-state index >= 15 is 0 Å². The van der Waals surface area contributed by atoms with Gasteiger partial charge >= 0.3 is 0 Å². The van der Waals surface area contributed by atoms with E-state index in [1.165, 1.54) is 17.8 Å². The van der Waals surface area contributed by atoms with Crippen molar-refractivity contribution in [2.45, 2.75) is 52.1 Å². The molecule has 0 spiro atoms. The van der Waals surface area contributed by atoms with Gasteiger partial charge in [0.25, 0.3) is 0 Å². The zero-order valence-corrected chi connectivity index (χ0v) is 10.8. The van der Waals surface area contributed by atoms with Crippen LogP contribution in [0.5, 0.6) is 0 Å². The highest BCUT2D eigenvalue weighted by molar-refractivity contribution is 5.21. The van der Waals surface area contributed by atoms with Crippen LogP contribution in [-0.2, 0) is 23.2 Å². The molecule has 0 aromatic carbocycles. The number of aryl methyl sites for hydroxylation is 1. The normalized spacial score (nSPS) is 23.9. The van der Waals surface area contributed by atoms with Crippen LogP contribution < -0.4 is 0 Å². The molecule has 2 atom stereocenters. The fraction of sp³-hybridized carbons (Fsp3) is 0.769. The number of fused-ring (bicyclic) bond motifs is 1. The van der Waals surface area contributed by atoms with Crippen molar-refractivity contribution in [3.05, 3.63) is 17.2 Å². The maximum atomic E-state index is 5.58. The number of rotatable bonds is 3. The van der Waals surface area contributed by atoms with Gasteiger partial charge in [-0.1, -0.05) is 13.8 Å². The molecule has 1 N–H and O–H groups in total. The summed E-state index contributed by atoms with van der Waals surface area (Å²) in [4.78, 5) is 8.19. The van der Waals surface area contributed by atoms with Gasteiger partial charge in [-0.3, -0.25) is 0 Å². The third-order valence-corrected chi connectivity index (χ3v) is 3.92. The lowest BCUT2D eigenvalue weighted by atomic mass is 9.92. The van der Waals surface area contributed by atoms with Crippen molar-refractivity contribution < 1.29 is 4.74 Å². The summed E-state index contributed by atoms with van der Waals surface area (Å²) in [7, 11) is 1.76. The Bertz CT molecular complexity index is 366. The second-order valence-electron chi connectivity index (χ2n) is 5.15. The summed E-state index contributed by atoms with van der Waals surface area (Å²) in [6.07, 6.45) is 4.43. The standard InChI is InChI=1S/C13H22N2O/c1-5-13(3,16-4)12-14-10-7-6-9(2)8-11(10)15-12/h9H,5-8H2,1-4H3,(H,14,15). The Labute approximate surface area is 97.6 Å². The summed E-state index contributed by atoms with van der Waals surface area (Å²) in [5.74, 6) is 1.77. The first-order chi connectivity index (χ1) is 7.59. The lowest BCUT2D eigenvalue weighted by Gasteiger charge is -2.23. The molecule has 2 unspecified atom stereocenters. The van der Waals surface area contributed by atoms with E-state index in [-0.39, 0.29) is 5.60 Å². The molecule has 1 aliphatic carbocycles. The van der Waals surface area contributed by atoms with Crippen LogP contribution in [0.1, 0.15) is 50.8 Å². The van der Waals surface area contributed by atoms with E-state index in [1.807, 2.05) is 0 Å². The smallest absolute Gasteiger partial charge is 0.138 e. The van der Waals surface area contributed by atoms with E-state index < -0.39 is 0 Å². The molecule has 0 radical (unpaired) electrons. The number of hydrogen-bond donors (Lipinski definition) is 1. The van der Waals surface area contributed by atoms with E-state index in [2.05, 4.69) is 25.8 Å². The van der Waals surface area contributed by atoms with Crippen molar-refractivity contribution in [3.63, 3.8) is 0 Å². The quantitative estimate of drug-likeness (QED) is 0.854. The van der Waals surface area contributed by atoms with E-state index in [1.54, 1.807) is 7.11 Å². The van der Waals surface area contributed by atoms with E-state index in [9.17, 15) is 0 Å². The molecule has 2 rings (SSSR count). The van der Waals surface area contributed by atoms with Crippen LogP contribution in [0.4, 0.5) is 0 Å². The molecule has 90 valence electrons. The zero-order chi connectivity index (χ0) is 11.8. The number of nitrogens with one attached hydrogen (secondary N) is 1. The Morgan fingerprint density at radius 3 is 2.94 bits per heavy atom. The maximum absolute atomic E-state index is 5.58. The molecular weight excluding hydrogens is 200 g/mol. The summed E-state index contributed by atoms with van der Waals surface area (Å²) in [6, 6.07) is 0. The van der Waals surface area contributed by atoms with Gasteiger partial charge in [0.15, 0.2) is 0 Å². The predicted octanol–water partition coefficient (Wildman–Crippen LogP) is 2.81. The number of H-pyrrole nitrogens is 1. The molecule has 1 heterocycles. The number of imidazole rings is 1. The Kier molecular flexibility index (Phi) is 3.06. The topological polar surface area (TPSA) is 37.9 Å². The van der Waals surface area contributed by atoms with E-state index in [4.69, 9.17) is 9.72 Å². The monoisotopic (exact) mass is 222 g/mol. The minimum atomic E-state index is -0.263. The zero-order valence-electron chi connectivity index (χ0n) is 10.8. The summed E-state index contributed by atoms with van der Waals surface area (Å²) in [5, 5.41) is 0. The lowest BCUT2D eigenvalue weighted by molar-refractivity contribution is -0.00842.